The number of carbonyl (C=O) groups is 1. The fourth-order valence-electron chi connectivity index (χ4n) is 1.69. The summed E-state index contributed by atoms with van der Waals surface area (Å²) in [5, 5.41) is 2.93. The number of hydrogen-bond donors (Lipinski definition) is 1. The number of benzene rings is 1. The second-order valence-electron chi connectivity index (χ2n) is 3.77. The zero-order valence-electron chi connectivity index (χ0n) is 11.5. The topological polar surface area (TPSA) is 56.8 Å². The molecule has 0 saturated heterocycles. The van der Waals surface area contributed by atoms with Gasteiger partial charge >= 0.3 is 5.97 Å². The smallest absolute Gasteiger partial charge is 0.327 e. The Balaban J connectivity index is 3.25. The van der Waals surface area contributed by atoms with E-state index >= 15 is 0 Å². The summed E-state index contributed by atoms with van der Waals surface area (Å²) in [6.45, 7) is 0.237. The molecule has 0 saturated carbocycles. The van der Waals surface area contributed by atoms with Crippen molar-refractivity contribution in [3.63, 3.8) is 0 Å². The van der Waals surface area contributed by atoms with Gasteiger partial charge in [0.25, 0.3) is 0 Å². The van der Waals surface area contributed by atoms with Crippen LogP contribution in [0.5, 0.6) is 11.5 Å². The van der Waals surface area contributed by atoms with Crippen LogP contribution in [-0.4, -0.2) is 33.8 Å². The molecule has 0 fully saturated rings. The van der Waals surface area contributed by atoms with Crippen molar-refractivity contribution < 1.29 is 19.0 Å². The zero-order chi connectivity index (χ0) is 15.1. The number of methoxy groups -OCH3 is 3. The van der Waals surface area contributed by atoms with Crippen LogP contribution < -0.4 is 14.8 Å². The minimum Gasteiger partial charge on any atom is -0.493 e. The van der Waals surface area contributed by atoms with E-state index in [-0.39, 0.29) is 6.54 Å². The predicted molar refractivity (Wildman–Crippen MR) is 78.8 cm³/mol. The van der Waals surface area contributed by atoms with Crippen molar-refractivity contribution in [2.24, 2.45) is 0 Å². The molecule has 1 aromatic carbocycles. The molecule has 20 heavy (non-hydrogen) atoms. The molecular weight excluding hydrogens is 326 g/mol. The maximum Gasteiger partial charge on any atom is 0.327 e. The largest absolute Gasteiger partial charge is 0.493 e. The molecule has 0 aromatic heterocycles. The number of halogens is 1. The van der Waals surface area contributed by atoms with Crippen LogP contribution in [0.3, 0.4) is 0 Å². The number of ether oxygens (including phenoxy) is 3. The van der Waals surface area contributed by atoms with Crippen LogP contribution in [0.1, 0.15) is 11.6 Å². The van der Waals surface area contributed by atoms with Crippen LogP contribution in [0.15, 0.2) is 16.6 Å². The molecule has 108 valence electrons. The lowest BCUT2D eigenvalue weighted by Crippen LogP contribution is -2.30. The van der Waals surface area contributed by atoms with Gasteiger partial charge in [-0.1, -0.05) is 21.9 Å². The van der Waals surface area contributed by atoms with Gasteiger partial charge in [0.05, 0.1) is 27.9 Å². The van der Waals surface area contributed by atoms with Gasteiger partial charge in [-0.05, 0) is 17.7 Å². The lowest BCUT2D eigenvalue weighted by molar-refractivity contribution is -0.143. The van der Waals surface area contributed by atoms with E-state index in [0.717, 1.165) is 0 Å². The fraction of sp³-hybridized carbons (Fsp3) is 0.357. The third-order valence-corrected chi connectivity index (χ3v) is 3.35. The van der Waals surface area contributed by atoms with Gasteiger partial charge in [0.2, 0.25) is 0 Å². The number of rotatable bonds is 6. The molecule has 0 aliphatic rings. The molecule has 0 spiro atoms. The highest BCUT2D eigenvalue weighted by atomic mass is 79.9. The molecule has 5 nitrogen and oxygen atoms in total. The molecule has 1 rings (SSSR count). The fourth-order valence-corrected chi connectivity index (χ4v) is 2.24. The summed E-state index contributed by atoms with van der Waals surface area (Å²) in [6.07, 6.45) is 5.22. The molecule has 0 amide bonds. The summed E-state index contributed by atoms with van der Waals surface area (Å²) in [7, 11) is 4.39. The van der Waals surface area contributed by atoms with E-state index in [2.05, 4.69) is 27.2 Å². The number of terminal acetylenes is 1. The van der Waals surface area contributed by atoms with E-state index in [0.29, 0.717) is 21.5 Å². The standard InChI is InChI=1S/C14H16BrNO4/c1-5-6-16-13(14(17)20-4)9-7-11(18-2)12(19-3)8-10(9)15/h1,7-8,13,16H,6H2,2-4H3. The maximum atomic E-state index is 11.9. The Kier molecular flexibility index (Phi) is 6.36. The van der Waals surface area contributed by atoms with Gasteiger partial charge in [0.1, 0.15) is 6.04 Å². The second-order valence-corrected chi connectivity index (χ2v) is 4.62. The molecule has 0 bridgehead atoms. The molecule has 0 radical (unpaired) electrons. The van der Waals surface area contributed by atoms with Gasteiger partial charge in [-0.2, -0.15) is 0 Å². The van der Waals surface area contributed by atoms with Gasteiger partial charge < -0.3 is 14.2 Å². The van der Waals surface area contributed by atoms with Gasteiger partial charge in [0.15, 0.2) is 11.5 Å². The van der Waals surface area contributed by atoms with Gasteiger partial charge in [-0.25, -0.2) is 4.79 Å². The SMILES string of the molecule is C#CCNC(C(=O)OC)c1cc(OC)c(OC)cc1Br. The number of nitrogens with one attached hydrogen (secondary N) is 1. The van der Waals surface area contributed by atoms with Crippen molar-refractivity contribution in [2.75, 3.05) is 27.9 Å². The highest BCUT2D eigenvalue weighted by Gasteiger charge is 2.24. The van der Waals surface area contributed by atoms with Crippen molar-refractivity contribution in [1.29, 1.82) is 0 Å². The van der Waals surface area contributed by atoms with E-state index in [4.69, 9.17) is 20.6 Å². The molecule has 0 aliphatic heterocycles. The molecular formula is C14H16BrNO4. The summed E-state index contributed by atoms with van der Waals surface area (Å²) in [5.41, 5.74) is 0.657. The molecule has 0 heterocycles. The molecule has 1 unspecified atom stereocenters. The highest BCUT2D eigenvalue weighted by molar-refractivity contribution is 9.10. The third kappa shape index (κ3) is 3.65. The minimum absolute atomic E-state index is 0.237. The Morgan fingerprint density at radius 3 is 2.45 bits per heavy atom. The monoisotopic (exact) mass is 341 g/mol. The van der Waals surface area contributed by atoms with Crippen LogP contribution in [-0.2, 0) is 9.53 Å². The number of hydrogen-bond acceptors (Lipinski definition) is 5. The van der Waals surface area contributed by atoms with Crippen LogP contribution in [0.25, 0.3) is 0 Å². The first-order valence-electron chi connectivity index (χ1n) is 5.75. The van der Waals surface area contributed by atoms with Crippen molar-refractivity contribution >= 4 is 21.9 Å². The molecule has 1 aromatic rings. The van der Waals surface area contributed by atoms with E-state index in [1.807, 2.05) is 0 Å². The average molecular weight is 342 g/mol. The third-order valence-electron chi connectivity index (χ3n) is 2.66. The summed E-state index contributed by atoms with van der Waals surface area (Å²) in [4.78, 5) is 11.9. The lowest BCUT2D eigenvalue weighted by Gasteiger charge is -2.19. The summed E-state index contributed by atoms with van der Waals surface area (Å²) >= 11 is 3.41. The Morgan fingerprint density at radius 1 is 1.35 bits per heavy atom. The lowest BCUT2D eigenvalue weighted by atomic mass is 10.1. The van der Waals surface area contributed by atoms with Crippen molar-refractivity contribution in [3.8, 4) is 23.8 Å². The van der Waals surface area contributed by atoms with E-state index in [9.17, 15) is 4.79 Å². The maximum absolute atomic E-state index is 11.9. The van der Waals surface area contributed by atoms with E-state index in [1.165, 1.54) is 14.2 Å². The summed E-state index contributed by atoms with van der Waals surface area (Å²) in [5.74, 6) is 3.07. The van der Waals surface area contributed by atoms with E-state index in [1.54, 1.807) is 19.2 Å². The molecule has 0 aliphatic carbocycles. The zero-order valence-corrected chi connectivity index (χ0v) is 13.1. The Hall–Kier alpha value is -1.71. The Bertz CT molecular complexity index is 525. The normalized spacial score (nSPS) is 11.3. The quantitative estimate of drug-likeness (QED) is 0.632. The highest BCUT2D eigenvalue weighted by Crippen LogP contribution is 2.36. The van der Waals surface area contributed by atoms with Crippen molar-refractivity contribution in [2.45, 2.75) is 6.04 Å². The molecule has 1 N–H and O–H groups in total. The number of carbonyl (C=O) groups excluding carboxylic acids is 1. The summed E-state index contributed by atoms with van der Waals surface area (Å²) in [6, 6.07) is 2.74. The molecule has 6 heteroatoms. The molecule has 1 atom stereocenters. The van der Waals surface area contributed by atoms with Crippen LogP contribution in [0, 0.1) is 12.3 Å². The van der Waals surface area contributed by atoms with Gasteiger partial charge in [0, 0.05) is 4.47 Å². The van der Waals surface area contributed by atoms with Crippen molar-refractivity contribution in [1.82, 2.24) is 5.32 Å². The Labute approximate surface area is 126 Å². The first-order valence-corrected chi connectivity index (χ1v) is 6.54. The van der Waals surface area contributed by atoms with Gasteiger partial charge in [-0.3, -0.25) is 5.32 Å². The van der Waals surface area contributed by atoms with E-state index < -0.39 is 12.0 Å². The van der Waals surface area contributed by atoms with Crippen LogP contribution in [0.4, 0.5) is 0 Å². The van der Waals surface area contributed by atoms with Crippen LogP contribution in [0.2, 0.25) is 0 Å². The Morgan fingerprint density at radius 2 is 1.95 bits per heavy atom. The minimum atomic E-state index is -0.690. The summed E-state index contributed by atoms with van der Waals surface area (Å²) < 4.78 is 15.9. The first-order chi connectivity index (χ1) is 9.58. The van der Waals surface area contributed by atoms with Crippen LogP contribution >= 0.6 is 15.9 Å². The number of esters is 1. The second kappa shape index (κ2) is 7.78. The predicted octanol–water partition coefficient (Wildman–Crippen LogP) is 1.90. The van der Waals surface area contributed by atoms with Crippen molar-refractivity contribution in [3.05, 3.63) is 22.2 Å². The van der Waals surface area contributed by atoms with Gasteiger partial charge in [-0.15, -0.1) is 6.42 Å². The average Bonchev–Trinajstić information content (AvgIpc) is 2.47. The first kappa shape index (κ1) is 16.3.